The maximum absolute atomic E-state index is 12.6. The van der Waals surface area contributed by atoms with Crippen molar-refractivity contribution in [1.29, 1.82) is 0 Å². The molecule has 8 nitrogen and oxygen atoms in total. The van der Waals surface area contributed by atoms with Crippen molar-refractivity contribution < 1.29 is 23.9 Å². The number of amides is 1. The minimum absolute atomic E-state index is 0.0510. The number of carbonyl (C=O) groups excluding carboxylic acids is 3. The lowest BCUT2D eigenvalue weighted by molar-refractivity contribution is -0.146. The fraction of sp³-hybridized carbons (Fsp3) is 0.385. The molecule has 10 heteroatoms. The van der Waals surface area contributed by atoms with Crippen LogP contribution in [0.2, 0.25) is 0 Å². The molecule has 2 aromatic heterocycles. The summed E-state index contributed by atoms with van der Waals surface area (Å²) in [4.78, 5) is 43.9. The molecule has 0 saturated heterocycles. The van der Waals surface area contributed by atoms with Gasteiger partial charge in [0, 0.05) is 15.3 Å². The van der Waals surface area contributed by atoms with Crippen LogP contribution in [0.1, 0.15) is 51.5 Å². The minimum atomic E-state index is -0.563. The first-order valence-corrected chi connectivity index (χ1v) is 13.5. The fourth-order valence-corrected chi connectivity index (χ4v) is 6.43. The van der Waals surface area contributed by atoms with Crippen molar-refractivity contribution in [3.8, 4) is 11.3 Å². The first-order chi connectivity index (χ1) is 17.2. The zero-order valence-electron chi connectivity index (χ0n) is 20.5. The number of thiophene rings is 1. The first-order valence-electron chi connectivity index (χ1n) is 11.8. The lowest BCUT2D eigenvalue weighted by Crippen LogP contribution is -2.22. The summed E-state index contributed by atoms with van der Waals surface area (Å²) in [6, 6.07) is 7.78. The van der Waals surface area contributed by atoms with Crippen LogP contribution in [0.15, 0.2) is 24.3 Å². The van der Waals surface area contributed by atoms with Gasteiger partial charge in [-0.3, -0.25) is 9.59 Å². The third kappa shape index (κ3) is 5.93. The molecule has 0 fully saturated rings. The number of nitrogens with one attached hydrogen (secondary N) is 1. The quantitative estimate of drug-likeness (QED) is 0.404. The Morgan fingerprint density at radius 3 is 2.64 bits per heavy atom. The number of nitrogen functional groups attached to an aromatic ring is 1. The van der Waals surface area contributed by atoms with E-state index >= 15 is 0 Å². The summed E-state index contributed by atoms with van der Waals surface area (Å²) < 4.78 is 10.5. The highest BCUT2D eigenvalue weighted by Gasteiger charge is 2.29. The van der Waals surface area contributed by atoms with Gasteiger partial charge in [-0.25, -0.2) is 9.78 Å². The largest absolute Gasteiger partial charge is 0.462 e. The molecule has 3 aromatic rings. The fourth-order valence-electron chi connectivity index (χ4n) is 4.18. The standard InChI is InChI=1S/C26H29N3O5S2/c1-4-33-25(32)22-17-10-7-15(3)11-18(17)35-24(22)28-20(30)13-34-21(31)12-19-23(29-26(27)36-19)16-8-5-14(2)6-9-16/h5-6,8-9,15H,4,7,10-13H2,1-3H3,(H2,27,29)(H,28,30)/t15-/m0/s1. The van der Waals surface area contributed by atoms with Crippen LogP contribution in [0.3, 0.4) is 0 Å². The number of anilines is 2. The van der Waals surface area contributed by atoms with Crippen molar-refractivity contribution in [2.75, 3.05) is 24.3 Å². The minimum Gasteiger partial charge on any atom is -0.462 e. The van der Waals surface area contributed by atoms with Crippen LogP contribution in [0, 0.1) is 12.8 Å². The Bertz CT molecular complexity index is 1280. The Morgan fingerprint density at radius 2 is 1.92 bits per heavy atom. The van der Waals surface area contributed by atoms with Gasteiger partial charge in [0.25, 0.3) is 5.91 Å². The van der Waals surface area contributed by atoms with Crippen LogP contribution >= 0.6 is 22.7 Å². The van der Waals surface area contributed by atoms with E-state index in [1.54, 1.807) is 6.92 Å². The van der Waals surface area contributed by atoms with E-state index in [0.29, 0.717) is 32.2 Å². The van der Waals surface area contributed by atoms with E-state index in [1.165, 1.54) is 22.7 Å². The lowest BCUT2D eigenvalue weighted by Gasteiger charge is -2.18. The Kier molecular flexibility index (Phi) is 8.05. The van der Waals surface area contributed by atoms with Crippen LogP contribution in [0.4, 0.5) is 10.1 Å². The highest BCUT2D eigenvalue weighted by Crippen LogP contribution is 2.40. The zero-order valence-corrected chi connectivity index (χ0v) is 22.1. The predicted octanol–water partition coefficient (Wildman–Crippen LogP) is 4.79. The number of carbonyl (C=O) groups is 3. The molecule has 2 heterocycles. The average molecular weight is 528 g/mol. The summed E-state index contributed by atoms with van der Waals surface area (Å²) >= 11 is 2.61. The number of thiazole rings is 1. The van der Waals surface area contributed by atoms with Gasteiger partial charge in [-0.2, -0.15) is 0 Å². The lowest BCUT2D eigenvalue weighted by atomic mass is 9.88. The van der Waals surface area contributed by atoms with E-state index in [4.69, 9.17) is 15.2 Å². The number of aryl methyl sites for hydroxylation is 1. The second-order valence-corrected chi connectivity index (χ2v) is 11.1. The second-order valence-electron chi connectivity index (χ2n) is 8.85. The van der Waals surface area contributed by atoms with Gasteiger partial charge in [0.1, 0.15) is 5.00 Å². The topological polar surface area (TPSA) is 121 Å². The highest BCUT2D eigenvalue weighted by atomic mass is 32.1. The molecule has 3 N–H and O–H groups in total. The molecule has 4 rings (SSSR count). The molecule has 0 spiro atoms. The van der Waals surface area contributed by atoms with E-state index in [-0.39, 0.29) is 13.0 Å². The number of aromatic nitrogens is 1. The van der Waals surface area contributed by atoms with Crippen LogP contribution in [-0.2, 0) is 38.3 Å². The van der Waals surface area contributed by atoms with Crippen LogP contribution < -0.4 is 11.1 Å². The number of esters is 2. The molecule has 1 aliphatic rings. The van der Waals surface area contributed by atoms with Gasteiger partial charge in [0.15, 0.2) is 11.7 Å². The van der Waals surface area contributed by atoms with Crippen molar-refractivity contribution in [1.82, 2.24) is 4.98 Å². The SMILES string of the molecule is CCOC(=O)c1c(NC(=O)COC(=O)Cc2sc(N)nc2-c2ccc(C)cc2)sc2c1CC[C@H](C)C2. The van der Waals surface area contributed by atoms with Gasteiger partial charge in [-0.1, -0.05) is 36.8 Å². The Hall–Kier alpha value is -3.24. The number of nitrogens with two attached hydrogens (primary N) is 1. The molecule has 0 unspecified atom stereocenters. The maximum atomic E-state index is 12.6. The Labute approximate surface area is 217 Å². The van der Waals surface area contributed by atoms with Gasteiger partial charge in [0.05, 0.1) is 24.3 Å². The van der Waals surface area contributed by atoms with E-state index in [2.05, 4.69) is 17.2 Å². The molecular weight excluding hydrogens is 498 g/mol. The average Bonchev–Trinajstić information content (AvgIpc) is 3.37. The smallest absolute Gasteiger partial charge is 0.341 e. The molecule has 0 saturated carbocycles. The summed E-state index contributed by atoms with van der Waals surface area (Å²) in [6.45, 7) is 5.69. The second kappa shape index (κ2) is 11.2. The summed E-state index contributed by atoms with van der Waals surface area (Å²) in [5.74, 6) is -1.00. The van der Waals surface area contributed by atoms with Crippen molar-refractivity contribution in [3.63, 3.8) is 0 Å². The normalized spacial score (nSPS) is 14.7. The molecule has 36 heavy (non-hydrogen) atoms. The first kappa shape index (κ1) is 25.8. The molecule has 190 valence electrons. The molecule has 1 atom stereocenters. The molecule has 1 aliphatic carbocycles. The third-order valence-corrected chi connectivity index (χ3v) is 8.01. The maximum Gasteiger partial charge on any atom is 0.341 e. The van der Waals surface area contributed by atoms with Crippen molar-refractivity contribution in [2.45, 2.75) is 46.5 Å². The van der Waals surface area contributed by atoms with Crippen molar-refractivity contribution in [3.05, 3.63) is 50.7 Å². The molecule has 0 bridgehead atoms. The summed E-state index contributed by atoms with van der Waals surface area (Å²) in [6.07, 6.45) is 2.56. The van der Waals surface area contributed by atoms with Crippen LogP contribution in [-0.4, -0.2) is 36.0 Å². The number of fused-ring (bicyclic) bond motifs is 1. The van der Waals surface area contributed by atoms with E-state index in [0.717, 1.165) is 40.8 Å². The van der Waals surface area contributed by atoms with E-state index in [1.807, 2.05) is 31.2 Å². The number of ether oxygens (including phenoxy) is 2. The molecule has 1 aromatic carbocycles. The zero-order chi connectivity index (χ0) is 25.8. The molecule has 1 amide bonds. The molecule has 0 aliphatic heterocycles. The van der Waals surface area contributed by atoms with Crippen LogP contribution in [0.25, 0.3) is 11.3 Å². The molecule has 0 radical (unpaired) electrons. The molecular formula is C26H29N3O5S2. The van der Waals surface area contributed by atoms with Crippen molar-refractivity contribution in [2.24, 2.45) is 5.92 Å². The number of hydrogen-bond acceptors (Lipinski definition) is 9. The van der Waals surface area contributed by atoms with E-state index < -0.39 is 24.5 Å². The predicted molar refractivity (Wildman–Crippen MR) is 141 cm³/mol. The third-order valence-electron chi connectivity index (χ3n) is 5.95. The summed E-state index contributed by atoms with van der Waals surface area (Å²) in [7, 11) is 0. The number of benzene rings is 1. The Balaban J connectivity index is 1.41. The number of rotatable bonds is 8. The van der Waals surface area contributed by atoms with Gasteiger partial charge >= 0.3 is 11.9 Å². The monoisotopic (exact) mass is 527 g/mol. The number of hydrogen-bond donors (Lipinski definition) is 2. The highest BCUT2D eigenvalue weighted by molar-refractivity contribution is 7.17. The number of nitrogens with zero attached hydrogens (tertiary/aromatic N) is 1. The van der Waals surface area contributed by atoms with Gasteiger partial charge in [-0.05, 0) is 44.6 Å². The Morgan fingerprint density at radius 1 is 1.17 bits per heavy atom. The van der Waals surface area contributed by atoms with Crippen LogP contribution in [0.5, 0.6) is 0 Å². The van der Waals surface area contributed by atoms with Crippen molar-refractivity contribution >= 4 is 50.7 Å². The van der Waals surface area contributed by atoms with Gasteiger partial charge in [0.2, 0.25) is 0 Å². The summed E-state index contributed by atoms with van der Waals surface area (Å²) in [5, 5.41) is 3.56. The summed E-state index contributed by atoms with van der Waals surface area (Å²) in [5.41, 5.74) is 9.88. The van der Waals surface area contributed by atoms with E-state index in [9.17, 15) is 14.4 Å². The van der Waals surface area contributed by atoms with Gasteiger partial charge < -0.3 is 20.5 Å². The van der Waals surface area contributed by atoms with Gasteiger partial charge in [-0.15, -0.1) is 22.7 Å².